The number of benzene rings is 4. The minimum Gasteiger partial charge on any atom is -0.508 e. The number of aromatic hydroxyl groups is 1. The summed E-state index contributed by atoms with van der Waals surface area (Å²) in [6.45, 7) is 13.1. The standard InChI is InChI=1S/C38H41NO2/c1-5-28-24-39(21-20-25(28)2)27(4)38(35-17-8-6-12-26(3)31-19-18-30(40)23-36(31)35)41-37-22-29-13-7-9-14-32(29)33-15-10-11-16-34(33)37/h5-11,13-19,22-23,25-28,38,40H,1,12,20-21,24H2,2-4H3. The molecule has 0 bridgehead atoms. The summed E-state index contributed by atoms with van der Waals surface area (Å²) in [5, 5.41) is 15.4. The molecule has 0 spiro atoms. The summed E-state index contributed by atoms with van der Waals surface area (Å²) in [7, 11) is 0. The van der Waals surface area contributed by atoms with Crippen molar-refractivity contribution in [2.24, 2.45) is 11.8 Å². The van der Waals surface area contributed by atoms with Gasteiger partial charge in [0.25, 0.3) is 0 Å². The Morgan fingerprint density at radius 1 is 0.976 bits per heavy atom. The van der Waals surface area contributed by atoms with E-state index in [0.717, 1.165) is 48.2 Å². The Labute approximate surface area is 244 Å². The molecule has 0 radical (unpaired) electrons. The molecule has 1 saturated heterocycles. The minimum atomic E-state index is -0.256. The van der Waals surface area contributed by atoms with Gasteiger partial charge in [-0.1, -0.05) is 92.7 Å². The van der Waals surface area contributed by atoms with Crippen LogP contribution in [0.4, 0.5) is 0 Å². The number of phenols is 1. The van der Waals surface area contributed by atoms with Gasteiger partial charge in [0.15, 0.2) is 0 Å². The summed E-state index contributed by atoms with van der Waals surface area (Å²) >= 11 is 0. The van der Waals surface area contributed by atoms with Gasteiger partial charge in [-0.2, -0.15) is 0 Å². The van der Waals surface area contributed by atoms with E-state index in [2.05, 4.69) is 117 Å². The minimum absolute atomic E-state index is 0.0970. The number of ether oxygens (including phenoxy) is 1. The highest BCUT2D eigenvalue weighted by molar-refractivity contribution is 6.10. The summed E-state index contributed by atoms with van der Waals surface area (Å²) in [4.78, 5) is 2.58. The van der Waals surface area contributed by atoms with Gasteiger partial charge in [-0.05, 0) is 89.5 Å². The fourth-order valence-corrected chi connectivity index (χ4v) is 6.81. The number of rotatable bonds is 6. The van der Waals surface area contributed by atoms with Crippen molar-refractivity contribution in [1.82, 2.24) is 4.90 Å². The SMILES string of the molecule is C=CC1CN(C(C)C(Oc2cc3ccccc3c3ccccc23)C2=CC=CCC(C)c3ccc(O)cc32)CCC1C. The summed E-state index contributed by atoms with van der Waals surface area (Å²) < 4.78 is 7.26. The van der Waals surface area contributed by atoms with Gasteiger partial charge in [0.2, 0.25) is 0 Å². The lowest BCUT2D eigenvalue weighted by Crippen LogP contribution is -2.50. The van der Waals surface area contributed by atoms with Crippen LogP contribution in [0.5, 0.6) is 11.5 Å². The highest BCUT2D eigenvalue weighted by Crippen LogP contribution is 2.40. The molecule has 3 heteroatoms. The third-order valence-electron chi connectivity index (χ3n) is 9.44. The molecule has 3 nitrogen and oxygen atoms in total. The average Bonchev–Trinajstić information content (AvgIpc) is 2.99. The number of hydrogen-bond donors (Lipinski definition) is 1. The molecule has 4 aromatic rings. The number of hydrogen-bond acceptors (Lipinski definition) is 3. The normalized spacial score (nSPS) is 22.8. The van der Waals surface area contributed by atoms with Gasteiger partial charge in [-0.3, -0.25) is 4.90 Å². The molecule has 1 aliphatic carbocycles. The monoisotopic (exact) mass is 543 g/mol. The number of nitrogens with zero attached hydrogens (tertiary/aromatic N) is 1. The fourth-order valence-electron chi connectivity index (χ4n) is 6.81. The van der Waals surface area contributed by atoms with Gasteiger partial charge >= 0.3 is 0 Å². The summed E-state index contributed by atoms with van der Waals surface area (Å²) in [6.07, 6.45) is 10.6. The third kappa shape index (κ3) is 5.31. The number of fused-ring (bicyclic) bond motifs is 4. The molecule has 5 atom stereocenters. The molecule has 6 rings (SSSR count). The quantitative estimate of drug-likeness (QED) is 0.194. The van der Waals surface area contributed by atoms with Gasteiger partial charge in [0.1, 0.15) is 17.6 Å². The van der Waals surface area contributed by atoms with E-state index < -0.39 is 0 Å². The maximum absolute atomic E-state index is 10.7. The first-order valence-corrected chi connectivity index (χ1v) is 15.1. The highest BCUT2D eigenvalue weighted by Gasteiger charge is 2.35. The molecule has 0 saturated carbocycles. The van der Waals surface area contributed by atoms with Crippen molar-refractivity contribution in [3.8, 4) is 11.5 Å². The van der Waals surface area contributed by atoms with Crippen molar-refractivity contribution >= 4 is 27.1 Å². The van der Waals surface area contributed by atoms with E-state index in [4.69, 9.17) is 4.74 Å². The molecule has 0 aromatic heterocycles. The van der Waals surface area contributed by atoms with Gasteiger partial charge < -0.3 is 9.84 Å². The smallest absolute Gasteiger partial charge is 0.139 e. The van der Waals surface area contributed by atoms with E-state index in [0.29, 0.717) is 17.8 Å². The zero-order chi connectivity index (χ0) is 28.5. The van der Waals surface area contributed by atoms with Gasteiger partial charge in [-0.25, -0.2) is 0 Å². The molecule has 1 aliphatic heterocycles. The lowest BCUT2D eigenvalue weighted by molar-refractivity contribution is 0.0640. The van der Waals surface area contributed by atoms with Crippen LogP contribution in [-0.4, -0.2) is 35.2 Å². The number of piperidine rings is 1. The fraction of sp³-hybridized carbons (Fsp3) is 0.316. The molecule has 4 aromatic carbocycles. The van der Waals surface area contributed by atoms with E-state index in [-0.39, 0.29) is 17.9 Å². The number of likely N-dealkylation sites (tertiary alicyclic amines) is 1. The van der Waals surface area contributed by atoms with Crippen molar-refractivity contribution in [1.29, 1.82) is 0 Å². The molecular weight excluding hydrogens is 502 g/mol. The van der Waals surface area contributed by atoms with Crippen molar-refractivity contribution in [3.63, 3.8) is 0 Å². The maximum atomic E-state index is 10.7. The summed E-state index contributed by atoms with van der Waals surface area (Å²) in [6, 6.07) is 25.2. The van der Waals surface area contributed by atoms with Gasteiger partial charge in [0.05, 0.1) is 0 Å². The second kappa shape index (κ2) is 11.6. The van der Waals surface area contributed by atoms with Crippen molar-refractivity contribution < 1.29 is 9.84 Å². The van der Waals surface area contributed by atoms with Gasteiger partial charge in [-0.15, -0.1) is 6.58 Å². The van der Waals surface area contributed by atoms with Crippen molar-refractivity contribution in [3.05, 3.63) is 115 Å². The third-order valence-corrected chi connectivity index (χ3v) is 9.44. The van der Waals surface area contributed by atoms with Crippen molar-refractivity contribution in [2.45, 2.75) is 51.7 Å². The molecule has 41 heavy (non-hydrogen) atoms. The predicted octanol–water partition coefficient (Wildman–Crippen LogP) is 9.13. The van der Waals surface area contributed by atoms with Crippen LogP contribution in [0.15, 0.2) is 104 Å². The van der Waals surface area contributed by atoms with Crippen LogP contribution in [0.1, 0.15) is 50.7 Å². The van der Waals surface area contributed by atoms with Crippen LogP contribution in [0.3, 0.4) is 0 Å². The van der Waals surface area contributed by atoms with E-state index in [1.165, 1.54) is 21.7 Å². The highest BCUT2D eigenvalue weighted by atomic mass is 16.5. The van der Waals surface area contributed by atoms with Crippen LogP contribution < -0.4 is 4.74 Å². The van der Waals surface area contributed by atoms with Crippen LogP contribution in [0.2, 0.25) is 0 Å². The van der Waals surface area contributed by atoms with E-state index in [1.54, 1.807) is 0 Å². The second-order valence-corrected chi connectivity index (χ2v) is 12.0. The van der Waals surface area contributed by atoms with E-state index >= 15 is 0 Å². The molecule has 1 heterocycles. The molecule has 0 amide bonds. The van der Waals surface area contributed by atoms with Crippen LogP contribution in [0.25, 0.3) is 27.1 Å². The molecule has 2 aliphatic rings. The lowest BCUT2D eigenvalue weighted by atomic mass is 9.82. The Kier molecular flexibility index (Phi) is 7.73. The van der Waals surface area contributed by atoms with Crippen LogP contribution >= 0.6 is 0 Å². The molecule has 210 valence electrons. The van der Waals surface area contributed by atoms with Crippen molar-refractivity contribution in [2.75, 3.05) is 13.1 Å². The lowest BCUT2D eigenvalue weighted by Gasteiger charge is -2.42. The Morgan fingerprint density at radius 2 is 1.73 bits per heavy atom. The number of allylic oxidation sites excluding steroid dienone is 3. The van der Waals surface area contributed by atoms with Gasteiger partial charge in [0, 0.05) is 23.5 Å². The van der Waals surface area contributed by atoms with E-state index in [9.17, 15) is 5.11 Å². The Hall–Kier alpha value is -3.82. The second-order valence-electron chi connectivity index (χ2n) is 12.0. The first-order valence-electron chi connectivity index (χ1n) is 15.1. The molecule has 1 fully saturated rings. The predicted molar refractivity (Wildman–Crippen MR) is 173 cm³/mol. The maximum Gasteiger partial charge on any atom is 0.139 e. The average molecular weight is 544 g/mol. The summed E-state index contributed by atoms with van der Waals surface area (Å²) in [5.41, 5.74) is 3.44. The van der Waals surface area contributed by atoms with Crippen LogP contribution in [-0.2, 0) is 0 Å². The Morgan fingerprint density at radius 3 is 2.54 bits per heavy atom. The molecular formula is C38H41NO2. The Bertz CT molecular complexity index is 1630. The van der Waals surface area contributed by atoms with E-state index in [1.807, 2.05) is 12.1 Å². The molecule has 1 N–H and O–H groups in total. The zero-order valence-corrected chi connectivity index (χ0v) is 24.5. The molecule has 5 unspecified atom stereocenters. The largest absolute Gasteiger partial charge is 0.508 e. The Balaban J connectivity index is 1.51. The summed E-state index contributed by atoms with van der Waals surface area (Å²) in [5.74, 6) is 2.60. The number of phenolic OH excluding ortho intramolecular Hbond substituents is 1. The first kappa shape index (κ1) is 27.4. The first-order chi connectivity index (χ1) is 19.9. The zero-order valence-electron chi connectivity index (χ0n) is 24.5. The topological polar surface area (TPSA) is 32.7 Å². The van der Waals surface area contributed by atoms with Crippen LogP contribution in [0, 0.1) is 11.8 Å².